The summed E-state index contributed by atoms with van der Waals surface area (Å²) in [5, 5.41) is 5.68. The molecule has 0 radical (unpaired) electrons. The van der Waals surface area contributed by atoms with Crippen LogP contribution in [0.4, 0.5) is 40.9 Å². The molecule has 0 saturated heterocycles. The van der Waals surface area contributed by atoms with Gasteiger partial charge in [0, 0.05) is 18.7 Å². The van der Waals surface area contributed by atoms with Crippen LogP contribution in [0.1, 0.15) is 40.0 Å². The molecule has 0 spiro atoms. The van der Waals surface area contributed by atoms with Gasteiger partial charge in [-0.05, 0) is 43.0 Å². The van der Waals surface area contributed by atoms with Crippen molar-refractivity contribution in [3.8, 4) is 0 Å². The van der Waals surface area contributed by atoms with Crippen LogP contribution in [-0.2, 0) is 19.1 Å². The van der Waals surface area contributed by atoms with Crippen molar-refractivity contribution >= 4 is 41.1 Å². The van der Waals surface area contributed by atoms with Crippen LogP contribution in [-0.4, -0.2) is 39.6 Å². The largest absolute Gasteiger partial charge is 0.459 e. The molecule has 1 aliphatic heterocycles. The first kappa shape index (κ1) is 25.5. The number of hydrogen-bond acceptors (Lipinski definition) is 5. The Labute approximate surface area is 201 Å². The van der Waals surface area contributed by atoms with Crippen LogP contribution < -0.4 is 10.2 Å². The summed E-state index contributed by atoms with van der Waals surface area (Å²) in [4.78, 5) is 13.3. The lowest BCUT2D eigenvalue weighted by Gasteiger charge is -2.24. The maximum atomic E-state index is 14.0. The number of carbonyl (C=O) groups is 1. The normalized spacial score (nSPS) is 17.1. The quantitative estimate of drug-likeness (QED) is 0.396. The van der Waals surface area contributed by atoms with Gasteiger partial charge in [0.2, 0.25) is 0 Å². The predicted octanol–water partition coefficient (Wildman–Crippen LogP) is 5.51. The second-order valence-electron chi connectivity index (χ2n) is 7.78. The van der Waals surface area contributed by atoms with Gasteiger partial charge < -0.3 is 5.32 Å². The molecule has 0 unspecified atom stereocenters. The molecular weight excluding hydrogens is 534 g/mol. The second kappa shape index (κ2) is 8.54. The molecule has 1 fully saturated rings. The molecule has 6 nitrogen and oxygen atoms in total. The Morgan fingerprint density at radius 1 is 1.14 bits per heavy atom. The number of amides is 1. The highest BCUT2D eigenvalue weighted by molar-refractivity contribution is 7.98. The average Bonchev–Trinajstić information content (AvgIpc) is 3.27. The van der Waals surface area contributed by atoms with Gasteiger partial charge in [-0.2, -0.15) is 44.6 Å². The van der Waals surface area contributed by atoms with E-state index in [-0.39, 0.29) is 33.9 Å². The van der Waals surface area contributed by atoms with Crippen LogP contribution in [0.5, 0.6) is 0 Å². The van der Waals surface area contributed by atoms with Crippen LogP contribution in [0.25, 0.3) is 0 Å². The van der Waals surface area contributed by atoms with E-state index in [0.717, 1.165) is 36.7 Å². The van der Waals surface area contributed by atoms with Gasteiger partial charge in [-0.1, -0.05) is 11.6 Å². The first-order valence-corrected chi connectivity index (χ1v) is 11.1. The number of hydrogen-bond donors (Lipinski definition) is 1. The predicted molar refractivity (Wildman–Crippen MR) is 112 cm³/mol. The molecule has 1 aromatic carbocycles. The fourth-order valence-electron chi connectivity index (χ4n) is 3.40. The molecule has 16 heteroatoms. The number of aromatic nitrogens is 2. The summed E-state index contributed by atoms with van der Waals surface area (Å²) in [6.45, 7) is 0. The van der Waals surface area contributed by atoms with E-state index >= 15 is 0 Å². The van der Waals surface area contributed by atoms with Gasteiger partial charge in [0.25, 0.3) is 5.91 Å². The second-order valence-corrected chi connectivity index (χ2v) is 8.89. The summed E-state index contributed by atoms with van der Waals surface area (Å²) in [5.74, 6) is -8.00. The molecular formula is C19H14ClF8N5OS. The van der Waals surface area contributed by atoms with Crippen LogP contribution >= 0.6 is 23.5 Å². The van der Waals surface area contributed by atoms with E-state index in [1.165, 1.54) is 18.2 Å². The third-order valence-corrected chi connectivity index (χ3v) is 6.19. The van der Waals surface area contributed by atoms with Gasteiger partial charge in [-0.3, -0.25) is 14.4 Å². The van der Waals surface area contributed by atoms with Crippen molar-refractivity contribution in [1.82, 2.24) is 15.1 Å². The summed E-state index contributed by atoms with van der Waals surface area (Å²) < 4.78 is 113. The molecule has 1 N–H and O–H groups in total. The highest BCUT2D eigenvalue weighted by Gasteiger charge is 2.64. The number of nitrogens with zero attached hydrogens (tertiary/aromatic N) is 4. The van der Waals surface area contributed by atoms with Crippen molar-refractivity contribution in [1.29, 1.82) is 0 Å². The molecule has 2 heterocycles. The van der Waals surface area contributed by atoms with Crippen LogP contribution in [0, 0.1) is 0 Å². The zero-order valence-electron chi connectivity index (χ0n) is 17.4. The highest BCUT2D eigenvalue weighted by atomic mass is 35.5. The van der Waals surface area contributed by atoms with Gasteiger partial charge in [0.05, 0.1) is 16.5 Å². The van der Waals surface area contributed by atoms with Crippen molar-refractivity contribution in [2.24, 2.45) is 11.4 Å². The van der Waals surface area contributed by atoms with Crippen molar-refractivity contribution in [2.75, 3.05) is 10.8 Å². The van der Waals surface area contributed by atoms with Gasteiger partial charge in [0.15, 0.2) is 5.69 Å². The molecule has 0 bridgehead atoms. The summed E-state index contributed by atoms with van der Waals surface area (Å²) >= 11 is 6.82. The summed E-state index contributed by atoms with van der Waals surface area (Å²) in [6.07, 6.45) is -10.4. The molecule has 1 aromatic heterocycles. The SMILES string of the molecule is Cn1nc(C(F)(F)C(F)(F)F)c(C(F)(F)F)c1N1CSN=C1c1ccc(Cl)c(C(=O)NC2CC2)c1. The molecule has 1 aliphatic carbocycles. The Kier molecular flexibility index (Phi) is 6.23. The fourth-order valence-corrected chi connectivity index (χ4v) is 4.34. The first-order chi connectivity index (χ1) is 16.1. The van der Waals surface area contributed by atoms with Crippen molar-refractivity contribution in [3.63, 3.8) is 0 Å². The Bertz CT molecular complexity index is 1210. The third-order valence-electron chi connectivity index (χ3n) is 5.18. The van der Waals surface area contributed by atoms with Gasteiger partial charge in [0.1, 0.15) is 17.2 Å². The number of alkyl halides is 8. The zero-order chi connectivity index (χ0) is 25.9. The lowest BCUT2D eigenvalue weighted by molar-refractivity contribution is -0.292. The van der Waals surface area contributed by atoms with E-state index in [1.54, 1.807) is 0 Å². The standard InChI is InChI=1S/C19H14ClF8N5OS/c1-32-16(12(18(23,24)25)13(30-32)17(21,22)19(26,27)28)33-7-35-31-14(33)8-2-5-11(20)10(6-8)15(34)29-9-3-4-9/h2,5-6,9H,3-4,7H2,1H3,(H,29,34). The van der Waals surface area contributed by atoms with E-state index in [4.69, 9.17) is 11.6 Å². The summed E-state index contributed by atoms with van der Waals surface area (Å²) in [5.41, 5.74) is -4.61. The highest BCUT2D eigenvalue weighted by Crippen LogP contribution is 2.51. The summed E-state index contributed by atoms with van der Waals surface area (Å²) in [6, 6.07) is 3.88. The molecule has 1 amide bonds. The number of nitrogens with one attached hydrogen (secondary N) is 1. The first-order valence-electron chi connectivity index (χ1n) is 9.80. The third kappa shape index (κ3) is 4.67. The maximum absolute atomic E-state index is 14.0. The van der Waals surface area contributed by atoms with Crippen LogP contribution in [0.3, 0.4) is 0 Å². The number of rotatable bonds is 5. The van der Waals surface area contributed by atoms with Crippen molar-refractivity contribution < 1.29 is 39.9 Å². The maximum Gasteiger partial charge on any atom is 0.459 e. The number of aryl methyl sites for hydroxylation is 1. The zero-order valence-corrected chi connectivity index (χ0v) is 19.0. The van der Waals surface area contributed by atoms with E-state index in [0.29, 0.717) is 4.68 Å². The van der Waals surface area contributed by atoms with E-state index in [9.17, 15) is 39.9 Å². The van der Waals surface area contributed by atoms with Gasteiger partial charge >= 0.3 is 18.3 Å². The molecule has 4 rings (SSSR count). The van der Waals surface area contributed by atoms with Gasteiger partial charge in [-0.25, -0.2) is 0 Å². The molecule has 2 aliphatic rings. The number of halogens is 9. The minimum Gasteiger partial charge on any atom is -0.349 e. The number of anilines is 1. The van der Waals surface area contributed by atoms with E-state index in [1.807, 2.05) is 0 Å². The summed E-state index contributed by atoms with van der Waals surface area (Å²) in [7, 11) is 0.817. The Hall–Kier alpha value is -2.55. The Balaban J connectivity index is 1.80. The van der Waals surface area contributed by atoms with E-state index in [2.05, 4.69) is 14.8 Å². The lowest BCUT2D eigenvalue weighted by atomic mass is 10.1. The average molecular weight is 548 g/mol. The van der Waals surface area contributed by atoms with E-state index < -0.39 is 41.3 Å². The molecule has 0 atom stereocenters. The fraction of sp³-hybridized carbons (Fsp3) is 0.421. The van der Waals surface area contributed by atoms with Crippen LogP contribution in [0.15, 0.2) is 22.6 Å². The van der Waals surface area contributed by atoms with Crippen molar-refractivity contribution in [2.45, 2.75) is 37.2 Å². The topological polar surface area (TPSA) is 62.5 Å². The van der Waals surface area contributed by atoms with Crippen molar-refractivity contribution in [3.05, 3.63) is 45.6 Å². The minimum atomic E-state index is -6.31. The lowest BCUT2D eigenvalue weighted by Crippen LogP contribution is -2.36. The minimum absolute atomic E-state index is 0.000890. The molecule has 1 saturated carbocycles. The molecule has 190 valence electrons. The number of amidine groups is 1. The van der Waals surface area contributed by atoms with Gasteiger partial charge in [-0.15, -0.1) is 0 Å². The Morgan fingerprint density at radius 3 is 2.37 bits per heavy atom. The molecule has 2 aromatic rings. The monoisotopic (exact) mass is 547 g/mol. The van der Waals surface area contributed by atoms with Crippen LogP contribution in [0.2, 0.25) is 5.02 Å². The smallest absolute Gasteiger partial charge is 0.349 e. The molecule has 35 heavy (non-hydrogen) atoms. The number of benzene rings is 1. The Morgan fingerprint density at radius 2 is 1.80 bits per heavy atom. The number of carbonyl (C=O) groups excluding carboxylic acids is 1.